The zero-order valence-electron chi connectivity index (χ0n) is 11.6. The van der Waals surface area contributed by atoms with Crippen LogP contribution in [-0.4, -0.2) is 20.0 Å². The first-order valence-electron chi connectivity index (χ1n) is 6.59. The smallest absolute Gasteiger partial charge is 0.216 e. The number of nitrogens with two attached hydrogens (primary N) is 1. The van der Waals surface area contributed by atoms with Crippen LogP contribution in [0.2, 0.25) is 0 Å². The zero-order chi connectivity index (χ0) is 13.6. The summed E-state index contributed by atoms with van der Waals surface area (Å²) in [6.07, 6.45) is 4.11. The molecule has 0 radical (unpaired) electrons. The molecular weight excluding hydrogens is 242 g/mol. The Balaban J connectivity index is 1.84. The van der Waals surface area contributed by atoms with Gasteiger partial charge in [-0.2, -0.15) is 0 Å². The van der Waals surface area contributed by atoms with Crippen LogP contribution in [0, 0.1) is 0 Å². The molecule has 2 aromatic rings. The topological polar surface area (TPSA) is 82.8 Å². The van der Waals surface area contributed by atoms with Crippen LogP contribution in [0.4, 0.5) is 5.82 Å². The van der Waals surface area contributed by atoms with Crippen LogP contribution >= 0.6 is 0 Å². The van der Waals surface area contributed by atoms with Crippen molar-refractivity contribution in [3.05, 3.63) is 23.5 Å². The molecule has 19 heavy (non-hydrogen) atoms. The van der Waals surface area contributed by atoms with Crippen LogP contribution in [0.15, 0.2) is 10.6 Å². The summed E-state index contributed by atoms with van der Waals surface area (Å²) in [5.74, 6) is 2.57. The molecule has 0 amide bonds. The van der Waals surface area contributed by atoms with Crippen molar-refractivity contribution in [2.24, 2.45) is 0 Å². The Labute approximate surface area is 112 Å². The van der Waals surface area contributed by atoms with Gasteiger partial charge in [0.1, 0.15) is 12.3 Å². The van der Waals surface area contributed by atoms with Crippen molar-refractivity contribution in [3.8, 4) is 0 Å². The second kappa shape index (κ2) is 4.08. The molecule has 0 spiro atoms. The van der Waals surface area contributed by atoms with Gasteiger partial charge in [-0.1, -0.05) is 26.0 Å². The molecule has 3 rings (SSSR count). The molecule has 102 valence electrons. The monoisotopic (exact) mass is 261 g/mol. The average molecular weight is 261 g/mol. The van der Waals surface area contributed by atoms with Crippen molar-refractivity contribution in [2.45, 2.75) is 51.5 Å². The lowest BCUT2D eigenvalue weighted by molar-refractivity contribution is 0.370. The van der Waals surface area contributed by atoms with Crippen LogP contribution < -0.4 is 5.73 Å². The summed E-state index contributed by atoms with van der Waals surface area (Å²) in [5, 5.41) is 8.04. The second-order valence-corrected chi connectivity index (χ2v) is 6.16. The second-order valence-electron chi connectivity index (χ2n) is 6.16. The van der Waals surface area contributed by atoms with Gasteiger partial charge in [-0.05, 0) is 12.8 Å². The summed E-state index contributed by atoms with van der Waals surface area (Å²) in [7, 11) is 0. The highest BCUT2D eigenvalue weighted by Crippen LogP contribution is 2.42. The molecule has 0 aliphatic heterocycles. The Bertz CT molecular complexity index is 588. The average Bonchev–Trinajstić information content (AvgIpc) is 2.91. The third kappa shape index (κ3) is 2.34. The number of anilines is 1. The quantitative estimate of drug-likeness (QED) is 0.914. The van der Waals surface area contributed by atoms with Gasteiger partial charge >= 0.3 is 0 Å². The lowest BCUT2D eigenvalue weighted by Gasteiger charge is -2.13. The van der Waals surface area contributed by atoms with E-state index in [0.29, 0.717) is 24.2 Å². The first-order chi connectivity index (χ1) is 8.95. The van der Waals surface area contributed by atoms with Crippen molar-refractivity contribution in [2.75, 3.05) is 5.73 Å². The molecule has 1 fully saturated rings. The zero-order valence-corrected chi connectivity index (χ0v) is 11.6. The van der Waals surface area contributed by atoms with Gasteiger partial charge < -0.3 is 10.2 Å². The maximum Gasteiger partial charge on any atom is 0.216 e. The van der Waals surface area contributed by atoms with E-state index in [1.165, 1.54) is 0 Å². The van der Waals surface area contributed by atoms with Crippen LogP contribution in [0.1, 0.15) is 56.9 Å². The maximum absolute atomic E-state index is 5.86. The normalized spacial score (nSPS) is 15.9. The third-order valence-electron chi connectivity index (χ3n) is 3.34. The summed E-state index contributed by atoms with van der Waals surface area (Å²) in [4.78, 5) is 4.31. The standard InChI is InChI=1S/C13H19N5O/c1-13(2,3)9-6-15-10(19-9)7-18-11(8-4-5-8)12(14)16-17-18/h6,8H,4-5,7,14H2,1-3H3. The molecule has 0 aromatic carbocycles. The van der Waals surface area contributed by atoms with Gasteiger partial charge in [0.2, 0.25) is 5.89 Å². The number of hydrogen-bond acceptors (Lipinski definition) is 5. The number of nitrogens with zero attached hydrogens (tertiary/aromatic N) is 4. The summed E-state index contributed by atoms with van der Waals surface area (Å²) in [6, 6.07) is 0. The van der Waals surface area contributed by atoms with E-state index in [1.54, 1.807) is 6.20 Å². The van der Waals surface area contributed by atoms with E-state index >= 15 is 0 Å². The largest absolute Gasteiger partial charge is 0.443 e. The Hall–Kier alpha value is -1.85. The predicted octanol–water partition coefficient (Wildman–Crippen LogP) is 2.07. The molecule has 2 aromatic heterocycles. The van der Waals surface area contributed by atoms with Crippen molar-refractivity contribution >= 4 is 5.82 Å². The first-order valence-corrected chi connectivity index (χ1v) is 6.59. The Kier molecular flexibility index (Phi) is 2.62. The highest BCUT2D eigenvalue weighted by molar-refractivity contribution is 5.38. The number of hydrogen-bond donors (Lipinski definition) is 1. The Morgan fingerprint density at radius 1 is 1.42 bits per heavy atom. The van der Waals surface area contributed by atoms with Gasteiger partial charge in [0.15, 0.2) is 5.82 Å². The van der Waals surface area contributed by atoms with E-state index in [4.69, 9.17) is 10.2 Å². The van der Waals surface area contributed by atoms with E-state index in [0.717, 1.165) is 24.3 Å². The third-order valence-corrected chi connectivity index (χ3v) is 3.34. The number of oxazole rings is 1. The molecule has 6 nitrogen and oxygen atoms in total. The predicted molar refractivity (Wildman–Crippen MR) is 70.7 cm³/mol. The van der Waals surface area contributed by atoms with E-state index in [9.17, 15) is 0 Å². The number of rotatable bonds is 3. The van der Waals surface area contributed by atoms with Gasteiger partial charge in [0.05, 0.1) is 11.9 Å². The summed E-state index contributed by atoms with van der Waals surface area (Å²) in [6.45, 7) is 6.78. The van der Waals surface area contributed by atoms with Crippen LogP contribution in [0.5, 0.6) is 0 Å². The van der Waals surface area contributed by atoms with Crippen molar-refractivity contribution < 1.29 is 4.42 Å². The van der Waals surface area contributed by atoms with Crippen LogP contribution in [-0.2, 0) is 12.0 Å². The Morgan fingerprint density at radius 3 is 2.74 bits per heavy atom. The van der Waals surface area contributed by atoms with E-state index in [1.807, 2.05) is 4.68 Å². The van der Waals surface area contributed by atoms with Crippen molar-refractivity contribution in [1.82, 2.24) is 20.0 Å². The van der Waals surface area contributed by atoms with E-state index in [-0.39, 0.29) is 5.41 Å². The van der Waals surface area contributed by atoms with Gasteiger partial charge in [-0.15, -0.1) is 5.10 Å². The maximum atomic E-state index is 5.86. The fourth-order valence-electron chi connectivity index (χ4n) is 2.09. The molecule has 1 saturated carbocycles. The van der Waals surface area contributed by atoms with Gasteiger partial charge in [0, 0.05) is 11.3 Å². The van der Waals surface area contributed by atoms with Gasteiger partial charge in [0.25, 0.3) is 0 Å². The highest BCUT2D eigenvalue weighted by Gasteiger charge is 2.31. The molecule has 2 heterocycles. The molecule has 0 saturated heterocycles. The lowest BCUT2D eigenvalue weighted by atomic mass is 9.94. The van der Waals surface area contributed by atoms with Crippen molar-refractivity contribution in [3.63, 3.8) is 0 Å². The van der Waals surface area contributed by atoms with E-state index < -0.39 is 0 Å². The van der Waals surface area contributed by atoms with Gasteiger partial charge in [-0.3, -0.25) is 0 Å². The Morgan fingerprint density at radius 2 is 2.16 bits per heavy atom. The van der Waals surface area contributed by atoms with Crippen molar-refractivity contribution in [1.29, 1.82) is 0 Å². The van der Waals surface area contributed by atoms with Crippen LogP contribution in [0.3, 0.4) is 0 Å². The summed E-state index contributed by atoms with van der Waals surface area (Å²) < 4.78 is 7.59. The molecule has 0 atom stereocenters. The highest BCUT2D eigenvalue weighted by atomic mass is 16.4. The molecule has 0 unspecified atom stereocenters. The molecule has 6 heteroatoms. The van der Waals surface area contributed by atoms with Gasteiger partial charge in [-0.25, -0.2) is 9.67 Å². The van der Waals surface area contributed by atoms with E-state index in [2.05, 4.69) is 36.1 Å². The SMILES string of the molecule is CC(C)(C)c1cnc(Cn2nnc(N)c2C2CC2)o1. The molecule has 2 N–H and O–H groups in total. The number of nitrogen functional groups attached to an aromatic ring is 1. The minimum Gasteiger partial charge on any atom is -0.443 e. The first kappa shape index (κ1) is 12.2. The summed E-state index contributed by atoms with van der Waals surface area (Å²) in [5.41, 5.74) is 6.85. The fraction of sp³-hybridized carbons (Fsp3) is 0.615. The fourth-order valence-corrected chi connectivity index (χ4v) is 2.09. The van der Waals surface area contributed by atoms with Crippen LogP contribution in [0.25, 0.3) is 0 Å². The summed E-state index contributed by atoms with van der Waals surface area (Å²) >= 11 is 0. The lowest BCUT2D eigenvalue weighted by Crippen LogP contribution is -2.09. The minimum atomic E-state index is -0.0357. The molecule has 0 bridgehead atoms. The molecular formula is C13H19N5O. The molecule has 1 aliphatic rings. The minimum absolute atomic E-state index is 0.0357. The molecule has 1 aliphatic carbocycles. The number of aromatic nitrogens is 4.